The second-order valence-corrected chi connectivity index (χ2v) is 12.4. The summed E-state index contributed by atoms with van der Waals surface area (Å²) in [5.41, 5.74) is 0.548. The smallest absolute Gasteiger partial charge is 0.333 e. The van der Waals surface area contributed by atoms with Crippen molar-refractivity contribution < 1.29 is 9.18 Å². The minimum Gasteiger partial charge on any atom is -0.370 e. The molecule has 40 heavy (non-hydrogen) atoms. The molecule has 0 aromatic carbocycles. The highest BCUT2D eigenvalue weighted by atomic mass is 32.2. The van der Waals surface area contributed by atoms with Gasteiger partial charge < -0.3 is 10.2 Å². The van der Waals surface area contributed by atoms with Crippen molar-refractivity contribution in [1.82, 2.24) is 24.4 Å². The second kappa shape index (κ2) is 11.7. The molecule has 1 saturated carbocycles. The molecule has 0 unspecified atom stereocenters. The molecular weight excluding hydrogens is 531 g/mol. The molecule has 5 heterocycles. The Morgan fingerprint density at radius 3 is 2.38 bits per heavy atom. The molecule has 3 aliphatic rings. The van der Waals surface area contributed by atoms with Gasteiger partial charge in [-0.25, -0.2) is 14.2 Å². The SMILES string of the molecule is O=C(NC1CCC(n2c(=O)c3cc(F)cnc3n(C3CCSCC3)c2=O)CC1)C1CCN(c2cccnc2)CC1. The van der Waals surface area contributed by atoms with Crippen LogP contribution >= 0.6 is 11.8 Å². The number of nitrogens with one attached hydrogen (secondary N) is 1. The van der Waals surface area contributed by atoms with E-state index in [0.717, 1.165) is 62.2 Å². The van der Waals surface area contributed by atoms with Crippen LogP contribution in [0, 0.1) is 11.7 Å². The predicted molar refractivity (Wildman–Crippen MR) is 154 cm³/mol. The number of amides is 1. The van der Waals surface area contributed by atoms with Crippen LogP contribution in [0.3, 0.4) is 0 Å². The van der Waals surface area contributed by atoms with Crippen LogP contribution in [-0.2, 0) is 4.79 Å². The number of carbonyl (C=O) groups is 1. The topological polar surface area (TPSA) is 102 Å². The van der Waals surface area contributed by atoms with Gasteiger partial charge in [-0.2, -0.15) is 11.8 Å². The minimum absolute atomic E-state index is 0.0167. The Hall–Kier alpha value is -3.21. The van der Waals surface area contributed by atoms with Crippen LogP contribution in [0.1, 0.15) is 63.5 Å². The first-order valence-electron chi connectivity index (χ1n) is 14.3. The maximum absolute atomic E-state index is 14.2. The molecule has 9 nitrogen and oxygen atoms in total. The van der Waals surface area contributed by atoms with E-state index in [1.165, 1.54) is 10.6 Å². The summed E-state index contributed by atoms with van der Waals surface area (Å²) >= 11 is 1.85. The molecule has 3 aromatic heterocycles. The number of piperidine rings is 1. The number of thioether (sulfide) groups is 1. The number of rotatable bonds is 5. The molecule has 0 spiro atoms. The van der Waals surface area contributed by atoms with Gasteiger partial charge in [-0.1, -0.05) is 0 Å². The van der Waals surface area contributed by atoms with Gasteiger partial charge in [-0.3, -0.25) is 23.7 Å². The van der Waals surface area contributed by atoms with E-state index in [-0.39, 0.29) is 46.7 Å². The van der Waals surface area contributed by atoms with Crippen LogP contribution in [-0.4, -0.2) is 55.6 Å². The summed E-state index contributed by atoms with van der Waals surface area (Å²) < 4.78 is 17.1. The first-order chi connectivity index (χ1) is 19.5. The van der Waals surface area contributed by atoms with E-state index in [4.69, 9.17) is 0 Å². The molecular formula is C29H35FN6O3S. The summed E-state index contributed by atoms with van der Waals surface area (Å²) in [6.45, 7) is 1.64. The molecule has 3 fully saturated rings. The number of fused-ring (bicyclic) bond motifs is 1. The third-order valence-corrected chi connectivity index (χ3v) is 9.81. The number of halogens is 1. The lowest BCUT2D eigenvalue weighted by molar-refractivity contribution is -0.126. The summed E-state index contributed by atoms with van der Waals surface area (Å²) in [4.78, 5) is 51.0. The van der Waals surface area contributed by atoms with Crippen LogP contribution in [0.5, 0.6) is 0 Å². The molecule has 2 saturated heterocycles. The van der Waals surface area contributed by atoms with Crippen LogP contribution in [0.25, 0.3) is 11.0 Å². The third kappa shape index (κ3) is 5.40. The molecule has 1 amide bonds. The van der Waals surface area contributed by atoms with Crippen LogP contribution in [0.2, 0.25) is 0 Å². The fourth-order valence-corrected chi connectivity index (χ4v) is 7.62. The number of hydrogen-bond donors (Lipinski definition) is 1. The van der Waals surface area contributed by atoms with Crippen molar-refractivity contribution in [2.24, 2.45) is 5.92 Å². The number of pyridine rings is 2. The van der Waals surface area contributed by atoms with Gasteiger partial charge in [-0.15, -0.1) is 0 Å². The summed E-state index contributed by atoms with van der Waals surface area (Å²) in [6.07, 6.45) is 10.5. The number of carbonyl (C=O) groups excluding carboxylic acids is 1. The van der Waals surface area contributed by atoms with Gasteiger partial charge >= 0.3 is 5.69 Å². The first-order valence-corrected chi connectivity index (χ1v) is 15.5. The first kappa shape index (κ1) is 27.0. The van der Waals surface area contributed by atoms with Crippen LogP contribution in [0.4, 0.5) is 10.1 Å². The van der Waals surface area contributed by atoms with Crippen molar-refractivity contribution >= 4 is 34.4 Å². The molecule has 11 heteroatoms. The fraction of sp³-hybridized carbons (Fsp3) is 0.552. The Morgan fingerprint density at radius 1 is 0.950 bits per heavy atom. The Labute approximate surface area is 236 Å². The van der Waals surface area contributed by atoms with Gasteiger partial charge in [0.15, 0.2) is 0 Å². The van der Waals surface area contributed by atoms with E-state index in [1.54, 1.807) is 10.8 Å². The Morgan fingerprint density at radius 2 is 1.68 bits per heavy atom. The Bertz CT molecular complexity index is 1470. The van der Waals surface area contributed by atoms with Crippen molar-refractivity contribution in [2.45, 2.75) is 69.5 Å². The second-order valence-electron chi connectivity index (χ2n) is 11.2. The number of aromatic nitrogens is 4. The van der Waals surface area contributed by atoms with Crippen molar-refractivity contribution in [2.75, 3.05) is 29.5 Å². The van der Waals surface area contributed by atoms with Crippen molar-refractivity contribution in [3.8, 4) is 0 Å². The summed E-state index contributed by atoms with van der Waals surface area (Å²) in [5, 5.41) is 3.40. The number of nitrogens with zero attached hydrogens (tertiary/aromatic N) is 5. The lowest BCUT2D eigenvalue weighted by atomic mass is 9.89. The van der Waals surface area contributed by atoms with E-state index in [9.17, 15) is 18.8 Å². The van der Waals surface area contributed by atoms with Crippen LogP contribution < -0.4 is 21.5 Å². The Balaban J connectivity index is 1.13. The lowest BCUT2D eigenvalue weighted by Gasteiger charge is -2.35. The maximum atomic E-state index is 14.2. The standard InChI is InChI=1S/C29H35FN6O3S/c30-20-16-25-26(32-17-20)35(23-9-14-40-15-10-23)29(39)36(28(25)38)22-5-3-21(4-6-22)33-27(37)19-7-12-34(13-8-19)24-2-1-11-31-18-24/h1-2,11,16-19,21-23H,3-10,12-15H2,(H,33,37). The van der Waals surface area contributed by atoms with Crippen molar-refractivity contribution in [3.05, 3.63) is 63.4 Å². The predicted octanol–water partition coefficient (Wildman–Crippen LogP) is 3.68. The van der Waals surface area contributed by atoms with E-state index in [2.05, 4.69) is 20.2 Å². The molecule has 0 atom stereocenters. The molecule has 1 aliphatic carbocycles. The molecule has 1 N–H and O–H groups in total. The normalized spacial score (nSPS) is 22.9. The van der Waals surface area contributed by atoms with Crippen LogP contribution in [0.15, 0.2) is 46.4 Å². The summed E-state index contributed by atoms with van der Waals surface area (Å²) in [5.74, 6) is 1.37. The Kier molecular flexibility index (Phi) is 7.91. The van der Waals surface area contributed by atoms with Gasteiger partial charge in [0.05, 0.1) is 23.5 Å². The molecule has 0 radical (unpaired) electrons. The zero-order valence-corrected chi connectivity index (χ0v) is 23.3. The zero-order valence-electron chi connectivity index (χ0n) is 22.5. The summed E-state index contributed by atoms with van der Waals surface area (Å²) in [6, 6.07) is 4.86. The van der Waals surface area contributed by atoms with Gasteiger partial charge in [0.2, 0.25) is 5.91 Å². The molecule has 0 bridgehead atoms. The average molecular weight is 567 g/mol. The number of anilines is 1. The summed E-state index contributed by atoms with van der Waals surface area (Å²) in [7, 11) is 0. The quantitative estimate of drug-likeness (QED) is 0.503. The molecule has 3 aromatic rings. The molecule has 6 rings (SSSR count). The highest BCUT2D eigenvalue weighted by Gasteiger charge is 2.31. The van der Waals surface area contributed by atoms with Crippen molar-refractivity contribution in [1.29, 1.82) is 0 Å². The van der Waals surface area contributed by atoms with E-state index in [0.29, 0.717) is 25.7 Å². The lowest BCUT2D eigenvalue weighted by Crippen LogP contribution is -2.48. The van der Waals surface area contributed by atoms with E-state index < -0.39 is 11.4 Å². The van der Waals surface area contributed by atoms with Gasteiger partial charge in [0.25, 0.3) is 5.56 Å². The van der Waals surface area contributed by atoms with E-state index >= 15 is 0 Å². The van der Waals surface area contributed by atoms with E-state index in [1.807, 2.05) is 30.1 Å². The van der Waals surface area contributed by atoms with Gasteiger partial charge in [0.1, 0.15) is 11.5 Å². The minimum atomic E-state index is -0.585. The maximum Gasteiger partial charge on any atom is 0.333 e. The number of hydrogen-bond acceptors (Lipinski definition) is 7. The molecule has 212 valence electrons. The zero-order chi connectivity index (χ0) is 27.6. The van der Waals surface area contributed by atoms with Gasteiger partial charge in [0, 0.05) is 43.3 Å². The average Bonchev–Trinajstić information content (AvgIpc) is 2.99. The third-order valence-electron chi connectivity index (χ3n) is 8.76. The highest BCUT2D eigenvalue weighted by Crippen LogP contribution is 2.31. The van der Waals surface area contributed by atoms with Crippen molar-refractivity contribution in [3.63, 3.8) is 0 Å². The monoisotopic (exact) mass is 566 g/mol. The molecule has 2 aliphatic heterocycles. The highest BCUT2D eigenvalue weighted by molar-refractivity contribution is 7.99. The largest absolute Gasteiger partial charge is 0.370 e. The fourth-order valence-electron chi connectivity index (χ4n) is 6.54. The van der Waals surface area contributed by atoms with Gasteiger partial charge in [-0.05, 0) is 81.1 Å².